The van der Waals surface area contributed by atoms with Gasteiger partial charge in [-0.1, -0.05) is 6.07 Å². The van der Waals surface area contributed by atoms with Crippen LogP contribution in [0.4, 0.5) is 4.39 Å². The summed E-state index contributed by atoms with van der Waals surface area (Å²) in [5, 5.41) is 9.31. The number of ether oxygens (including phenoxy) is 1. The zero-order valence-corrected chi connectivity index (χ0v) is 11.8. The minimum Gasteiger partial charge on any atom is -0.465 e. The highest BCUT2D eigenvalue weighted by Crippen LogP contribution is 2.27. The molecule has 0 atom stereocenters. The summed E-state index contributed by atoms with van der Waals surface area (Å²) < 4.78 is 18.0. The second-order valence-corrected chi connectivity index (χ2v) is 4.62. The number of rotatable bonds is 4. The molecule has 0 fully saturated rings. The second-order valence-electron chi connectivity index (χ2n) is 4.62. The lowest BCUT2D eigenvalue weighted by Crippen LogP contribution is -2.13. The molecule has 2 rings (SSSR count). The van der Waals surface area contributed by atoms with Gasteiger partial charge in [0, 0.05) is 5.56 Å². The van der Waals surface area contributed by atoms with Crippen LogP contribution in [-0.2, 0) is 11.3 Å². The summed E-state index contributed by atoms with van der Waals surface area (Å²) in [5.41, 5.74) is 6.76. The fourth-order valence-corrected chi connectivity index (χ4v) is 2.15. The molecule has 0 aliphatic carbocycles. The predicted octanol–water partition coefficient (Wildman–Crippen LogP) is 1.87. The summed E-state index contributed by atoms with van der Waals surface area (Å²) in [7, 11) is 1.24. The van der Waals surface area contributed by atoms with Crippen LogP contribution in [0.3, 0.4) is 0 Å². The van der Waals surface area contributed by atoms with Crippen molar-refractivity contribution in [3.63, 3.8) is 0 Å². The molecule has 0 aliphatic rings. The van der Waals surface area contributed by atoms with Gasteiger partial charge in [-0.25, -0.2) is 9.18 Å². The number of halogens is 1. The maximum Gasteiger partial charge on any atom is 0.337 e. The zero-order chi connectivity index (χ0) is 16.3. The van der Waals surface area contributed by atoms with Crippen molar-refractivity contribution in [2.45, 2.75) is 6.61 Å². The molecular weight excluding hydrogens is 289 g/mol. The number of aliphatic hydroxyl groups excluding tert-OH is 1. The Morgan fingerprint density at radius 2 is 1.95 bits per heavy atom. The molecule has 0 radical (unpaired) electrons. The number of hydrogen-bond acceptors (Lipinski definition) is 4. The molecule has 0 saturated carbocycles. The summed E-state index contributed by atoms with van der Waals surface area (Å²) in [6.07, 6.45) is 0. The number of carbonyl (C=O) groups is 2. The van der Waals surface area contributed by atoms with Crippen molar-refractivity contribution in [3.05, 3.63) is 58.9 Å². The Morgan fingerprint density at radius 1 is 1.23 bits per heavy atom. The van der Waals surface area contributed by atoms with E-state index in [1.807, 2.05) is 0 Å². The fourth-order valence-electron chi connectivity index (χ4n) is 2.15. The van der Waals surface area contributed by atoms with Gasteiger partial charge in [-0.3, -0.25) is 4.79 Å². The van der Waals surface area contributed by atoms with Gasteiger partial charge in [0.15, 0.2) is 0 Å². The van der Waals surface area contributed by atoms with Crippen molar-refractivity contribution in [2.75, 3.05) is 7.11 Å². The first-order valence-corrected chi connectivity index (χ1v) is 6.39. The average molecular weight is 303 g/mol. The van der Waals surface area contributed by atoms with Crippen LogP contribution in [-0.4, -0.2) is 24.1 Å². The Bertz CT molecular complexity index is 743. The predicted molar refractivity (Wildman–Crippen MR) is 77.6 cm³/mol. The highest BCUT2D eigenvalue weighted by atomic mass is 19.1. The average Bonchev–Trinajstić information content (AvgIpc) is 2.53. The van der Waals surface area contributed by atoms with E-state index in [0.717, 1.165) is 6.07 Å². The van der Waals surface area contributed by atoms with Crippen molar-refractivity contribution in [3.8, 4) is 11.1 Å². The van der Waals surface area contributed by atoms with Gasteiger partial charge in [-0.15, -0.1) is 0 Å². The molecule has 0 saturated heterocycles. The molecule has 114 valence electrons. The summed E-state index contributed by atoms with van der Waals surface area (Å²) in [6, 6.07) is 8.17. The van der Waals surface area contributed by atoms with Crippen LogP contribution in [0.1, 0.15) is 26.3 Å². The van der Waals surface area contributed by atoms with E-state index in [-0.39, 0.29) is 17.7 Å². The topological polar surface area (TPSA) is 89.6 Å². The molecular formula is C16H14FNO4. The molecule has 5 nitrogen and oxygen atoms in total. The lowest BCUT2D eigenvalue weighted by Gasteiger charge is -2.11. The minimum absolute atomic E-state index is 0.00842. The second kappa shape index (κ2) is 6.36. The number of methoxy groups -OCH3 is 1. The SMILES string of the molecule is COC(=O)c1cc(CO)cc(-c2ccc(F)cc2C(N)=O)c1. The van der Waals surface area contributed by atoms with Gasteiger partial charge in [0.2, 0.25) is 5.91 Å². The third kappa shape index (κ3) is 3.12. The van der Waals surface area contributed by atoms with E-state index >= 15 is 0 Å². The number of esters is 1. The highest BCUT2D eigenvalue weighted by molar-refractivity contribution is 6.00. The van der Waals surface area contributed by atoms with Gasteiger partial charge in [-0.05, 0) is 47.0 Å². The number of amides is 1. The molecule has 0 aromatic heterocycles. The first kappa shape index (κ1) is 15.7. The third-order valence-electron chi connectivity index (χ3n) is 3.15. The lowest BCUT2D eigenvalue weighted by atomic mass is 9.95. The van der Waals surface area contributed by atoms with Crippen LogP contribution in [0.5, 0.6) is 0 Å². The molecule has 0 heterocycles. The Kier molecular flexibility index (Phi) is 4.53. The molecule has 0 aliphatic heterocycles. The van der Waals surface area contributed by atoms with Crippen LogP contribution in [0.2, 0.25) is 0 Å². The van der Waals surface area contributed by atoms with Gasteiger partial charge >= 0.3 is 5.97 Å². The number of nitrogens with two attached hydrogens (primary N) is 1. The van der Waals surface area contributed by atoms with Gasteiger partial charge in [-0.2, -0.15) is 0 Å². The van der Waals surface area contributed by atoms with E-state index in [2.05, 4.69) is 4.74 Å². The molecule has 0 unspecified atom stereocenters. The maximum atomic E-state index is 13.3. The number of aliphatic hydroxyl groups is 1. The molecule has 22 heavy (non-hydrogen) atoms. The van der Waals surface area contributed by atoms with E-state index in [1.54, 1.807) is 6.07 Å². The Morgan fingerprint density at radius 3 is 2.55 bits per heavy atom. The van der Waals surface area contributed by atoms with E-state index in [4.69, 9.17) is 5.73 Å². The van der Waals surface area contributed by atoms with Gasteiger partial charge in [0.25, 0.3) is 0 Å². The Labute approximate surface area is 126 Å². The van der Waals surface area contributed by atoms with Crippen molar-refractivity contribution in [1.29, 1.82) is 0 Å². The zero-order valence-electron chi connectivity index (χ0n) is 11.8. The van der Waals surface area contributed by atoms with Crippen molar-refractivity contribution < 1.29 is 23.8 Å². The molecule has 2 aromatic rings. The summed E-state index contributed by atoms with van der Waals surface area (Å²) in [5.74, 6) is -1.97. The van der Waals surface area contributed by atoms with Crippen molar-refractivity contribution in [1.82, 2.24) is 0 Å². The van der Waals surface area contributed by atoms with Crippen LogP contribution < -0.4 is 5.73 Å². The first-order chi connectivity index (χ1) is 10.5. The van der Waals surface area contributed by atoms with Crippen LogP contribution >= 0.6 is 0 Å². The van der Waals surface area contributed by atoms with E-state index in [0.29, 0.717) is 16.7 Å². The number of benzene rings is 2. The Hall–Kier alpha value is -2.73. The maximum absolute atomic E-state index is 13.3. The summed E-state index contributed by atoms with van der Waals surface area (Å²) in [4.78, 5) is 23.2. The molecule has 0 bridgehead atoms. The number of hydrogen-bond donors (Lipinski definition) is 2. The number of primary amides is 1. The lowest BCUT2D eigenvalue weighted by molar-refractivity contribution is 0.0600. The van der Waals surface area contributed by atoms with E-state index in [9.17, 15) is 19.1 Å². The third-order valence-corrected chi connectivity index (χ3v) is 3.15. The first-order valence-electron chi connectivity index (χ1n) is 6.39. The minimum atomic E-state index is -0.788. The van der Waals surface area contributed by atoms with E-state index < -0.39 is 17.7 Å². The van der Waals surface area contributed by atoms with Gasteiger partial charge in [0.05, 0.1) is 19.3 Å². The fraction of sp³-hybridized carbons (Fsp3) is 0.125. The largest absolute Gasteiger partial charge is 0.465 e. The number of carbonyl (C=O) groups excluding carboxylic acids is 2. The van der Waals surface area contributed by atoms with Gasteiger partial charge < -0.3 is 15.6 Å². The van der Waals surface area contributed by atoms with E-state index in [1.165, 1.54) is 31.4 Å². The summed E-state index contributed by atoms with van der Waals surface area (Å²) in [6.45, 7) is -0.301. The standard InChI is InChI=1S/C16H14FNO4/c1-22-16(21)11-5-9(8-19)4-10(6-11)13-3-2-12(17)7-14(13)15(18)20/h2-7,19H,8H2,1H3,(H2,18,20). The normalized spacial score (nSPS) is 10.3. The summed E-state index contributed by atoms with van der Waals surface area (Å²) >= 11 is 0. The van der Waals surface area contributed by atoms with Crippen LogP contribution in [0, 0.1) is 5.82 Å². The molecule has 1 amide bonds. The molecule has 6 heteroatoms. The smallest absolute Gasteiger partial charge is 0.337 e. The Balaban J connectivity index is 2.66. The molecule has 0 spiro atoms. The van der Waals surface area contributed by atoms with Crippen molar-refractivity contribution in [2.24, 2.45) is 5.73 Å². The van der Waals surface area contributed by atoms with Crippen molar-refractivity contribution >= 4 is 11.9 Å². The monoisotopic (exact) mass is 303 g/mol. The quantitative estimate of drug-likeness (QED) is 0.844. The van der Waals surface area contributed by atoms with Crippen LogP contribution in [0.15, 0.2) is 36.4 Å². The van der Waals surface area contributed by atoms with Crippen LogP contribution in [0.25, 0.3) is 11.1 Å². The molecule has 2 aromatic carbocycles. The molecule has 3 N–H and O–H groups in total. The highest BCUT2D eigenvalue weighted by Gasteiger charge is 2.15. The van der Waals surface area contributed by atoms with Gasteiger partial charge in [0.1, 0.15) is 5.82 Å².